The van der Waals surface area contributed by atoms with E-state index in [1.165, 1.54) is 0 Å². The van der Waals surface area contributed by atoms with Gasteiger partial charge in [-0.3, -0.25) is 0 Å². The van der Waals surface area contributed by atoms with Crippen molar-refractivity contribution in [1.29, 1.82) is 0 Å². The number of rotatable bonds is 4. The molecule has 0 aromatic heterocycles. The summed E-state index contributed by atoms with van der Waals surface area (Å²) >= 11 is 0. The van der Waals surface area contributed by atoms with Crippen LogP contribution in [0.1, 0.15) is 17.5 Å². The first kappa shape index (κ1) is 19.9. The lowest BCUT2D eigenvalue weighted by Crippen LogP contribution is -2.27. The second-order valence-corrected chi connectivity index (χ2v) is 6.21. The highest BCUT2D eigenvalue weighted by atomic mass is 19.4. The number of halogens is 6. The molecule has 0 fully saturated rings. The van der Waals surface area contributed by atoms with Crippen molar-refractivity contribution < 1.29 is 31.1 Å². The van der Waals surface area contributed by atoms with Gasteiger partial charge in [-0.05, 0) is 11.1 Å². The third kappa shape index (κ3) is 4.32. The lowest BCUT2D eigenvalue weighted by molar-refractivity contribution is -0.153. The van der Waals surface area contributed by atoms with E-state index < -0.39 is 41.9 Å². The normalized spacial score (nSPS) is 17.5. The van der Waals surface area contributed by atoms with E-state index in [1.54, 1.807) is 30.3 Å². The van der Waals surface area contributed by atoms with Gasteiger partial charge in [0.25, 0.3) is 0 Å². The zero-order valence-corrected chi connectivity index (χ0v) is 14.4. The Bertz CT molecular complexity index is 897. The van der Waals surface area contributed by atoms with Crippen LogP contribution in [-0.2, 0) is 0 Å². The Balaban J connectivity index is 2.07. The molecule has 2 aromatic rings. The Morgan fingerprint density at radius 2 is 1.68 bits per heavy atom. The van der Waals surface area contributed by atoms with Gasteiger partial charge in [-0.1, -0.05) is 36.9 Å². The number of ether oxygens (including phenoxy) is 1. The van der Waals surface area contributed by atoms with Gasteiger partial charge in [0.2, 0.25) is 0 Å². The first-order chi connectivity index (χ1) is 13.2. The predicted octanol–water partition coefficient (Wildman–Crippen LogP) is 5.62. The van der Waals surface area contributed by atoms with Crippen LogP contribution in [0.15, 0.2) is 54.7 Å². The van der Waals surface area contributed by atoms with Gasteiger partial charge in [-0.2, -0.15) is 13.2 Å². The average Bonchev–Trinajstić information content (AvgIpc) is 2.62. The number of nitrogens with one attached hydrogen (secondary N) is 1. The number of hydrogen-bond donors (Lipinski definition) is 1. The first-order valence-electron chi connectivity index (χ1n) is 8.23. The van der Waals surface area contributed by atoms with Crippen LogP contribution >= 0.6 is 0 Å². The fourth-order valence-corrected chi connectivity index (χ4v) is 2.87. The van der Waals surface area contributed by atoms with E-state index >= 15 is 0 Å². The summed E-state index contributed by atoms with van der Waals surface area (Å²) in [5.41, 5.74) is 0.262. The van der Waals surface area contributed by atoms with Crippen LogP contribution in [0.25, 0.3) is 11.3 Å². The molecule has 28 heavy (non-hydrogen) atoms. The van der Waals surface area contributed by atoms with Gasteiger partial charge >= 0.3 is 6.18 Å². The number of alkyl halides is 4. The van der Waals surface area contributed by atoms with Crippen molar-refractivity contribution in [2.45, 2.75) is 18.8 Å². The zero-order valence-electron chi connectivity index (χ0n) is 14.4. The summed E-state index contributed by atoms with van der Waals surface area (Å²) in [4.78, 5) is 0. The Morgan fingerprint density at radius 1 is 1.07 bits per heavy atom. The molecule has 2 nitrogen and oxygen atoms in total. The van der Waals surface area contributed by atoms with Crippen LogP contribution in [0.2, 0.25) is 0 Å². The lowest BCUT2D eigenvalue weighted by atomic mass is 9.90. The molecule has 0 aliphatic carbocycles. The van der Waals surface area contributed by atoms with Gasteiger partial charge < -0.3 is 10.1 Å². The van der Waals surface area contributed by atoms with Gasteiger partial charge in [0.05, 0.1) is 11.3 Å². The Hall–Kier alpha value is -2.90. The molecule has 0 amide bonds. The molecule has 0 spiro atoms. The highest BCUT2D eigenvalue weighted by Crippen LogP contribution is 2.38. The molecule has 8 heteroatoms. The van der Waals surface area contributed by atoms with Gasteiger partial charge in [0, 0.05) is 24.3 Å². The summed E-state index contributed by atoms with van der Waals surface area (Å²) in [6.07, 6.45) is -6.26. The summed E-state index contributed by atoms with van der Waals surface area (Å²) in [6, 6.07) is 9.76. The average molecular weight is 399 g/mol. The van der Waals surface area contributed by atoms with E-state index in [2.05, 4.69) is 16.6 Å². The molecule has 1 N–H and O–H groups in total. The first-order valence-corrected chi connectivity index (χ1v) is 8.23. The highest BCUT2D eigenvalue weighted by molar-refractivity contribution is 5.92. The Morgan fingerprint density at radius 3 is 2.25 bits per heavy atom. The minimum Gasteiger partial charge on any atom is -0.484 e. The molecule has 1 atom stereocenters. The van der Waals surface area contributed by atoms with E-state index in [0.29, 0.717) is 23.3 Å². The Kier molecular flexibility index (Phi) is 5.40. The number of hydrogen-bond acceptors (Lipinski definition) is 2. The van der Waals surface area contributed by atoms with E-state index in [9.17, 15) is 26.3 Å². The maximum absolute atomic E-state index is 14.6. The van der Waals surface area contributed by atoms with Gasteiger partial charge in [0.1, 0.15) is 23.6 Å². The molecule has 0 saturated heterocycles. The quantitative estimate of drug-likeness (QED) is 0.674. The van der Waals surface area contributed by atoms with Crippen LogP contribution < -0.4 is 10.1 Å². The molecule has 1 aliphatic rings. The van der Waals surface area contributed by atoms with Gasteiger partial charge in [0.15, 0.2) is 6.61 Å². The fourth-order valence-electron chi connectivity index (χ4n) is 2.87. The largest absolute Gasteiger partial charge is 0.484 e. The topological polar surface area (TPSA) is 21.3 Å². The molecule has 3 rings (SSSR count). The maximum atomic E-state index is 14.6. The van der Waals surface area contributed by atoms with Gasteiger partial charge in [-0.15, -0.1) is 0 Å². The molecule has 0 radical (unpaired) electrons. The summed E-state index contributed by atoms with van der Waals surface area (Å²) in [5.74, 6) is -2.88. The SMILES string of the molecule is C=C1NC(c2c(F)cc(OCC(F)(F)F)cc2F)=C(c2ccccc2)CC1F. The van der Waals surface area contributed by atoms with Crippen LogP contribution in [-0.4, -0.2) is 19.0 Å². The van der Waals surface area contributed by atoms with Crippen molar-refractivity contribution in [3.63, 3.8) is 0 Å². The van der Waals surface area contributed by atoms with Crippen molar-refractivity contribution >= 4 is 11.3 Å². The molecule has 1 unspecified atom stereocenters. The number of benzene rings is 2. The predicted molar refractivity (Wildman–Crippen MR) is 93.0 cm³/mol. The zero-order chi connectivity index (χ0) is 20.5. The molecular formula is C20H15F6NO. The highest BCUT2D eigenvalue weighted by Gasteiger charge is 2.31. The fraction of sp³-hybridized carbons (Fsp3) is 0.200. The van der Waals surface area contributed by atoms with Crippen molar-refractivity contribution in [1.82, 2.24) is 5.32 Å². The van der Waals surface area contributed by atoms with Crippen LogP contribution in [0.3, 0.4) is 0 Å². The molecule has 1 aliphatic heterocycles. The van der Waals surface area contributed by atoms with Crippen molar-refractivity contribution in [3.05, 3.63) is 77.5 Å². The summed E-state index contributed by atoms with van der Waals surface area (Å²) in [7, 11) is 0. The smallest absolute Gasteiger partial charge is 0.422 e. The Labute approximate surface area is 157 Å². The summed E-state index contributed by atoms with van der Waals surface area (Å²) in [6.45, 7) is 1.84. The molecular weight excluding hydrogens is 384 g/mol. The molecule has 0 bridgehead atoms. The molecule has 1 heterocycles. The second kappa shape index (κ2) is 7.61. The number of allylic oxidation sites excluding steroid dienone is 2. The van der Waals surface area contributed by atoms with E-state index in [-0.39, 0.29) is 17.8 Å². The lowest BCUT2D eigenvalue weighted by Gasteiger charge is -2.27. The van der Waals surface area contributed by atoms with Crippen LogP contribution in [0.5, 0.6) is 5.75 Å². The summed E-state index contributed by atoms with van der Waals surface area (Å²) in [5, 5.41) is 2.60. The van der Waals surface area contributed by atoms with E-state index in [4.69, 9.17) is 0 Å². The minimum atomic E-state index is -4.65. The molecule has 0 saturated carbocycles. The van der Waals surface area contributed by atoms with E-state index in [0.717, 1.165) is 0 Å². The maximum Gasteiger partial charge on any atom is 0.422 e. The third-order valence-electron chi connectivity index (χ3n) is 4.14. The van der Waals surface area contributed by atoms with Crippen molar-refractivity contribution in [3.8, 4) is 5.75 Å². The minimum absolute atomic E-state index is 0.0255. The molecule has 2 aromatic carbocycles. The van der Waals surface area contributed by atoms with E-state index in [1.807, 2.05) is 0 Å². The van der Waals surface area contributed by atoms with Crippen LogP contribution in [0.4, 0.5) is 26.3 Å². The third-order valence-corrected chi connectivity index (χ3v) is 4.14. The van der Waals surface area contributed by atoms with Crippen molar-refractivity contribution in [2.75, 3.05) is 6.61 Å². The van der Waals surface area contributed by atoms with Crippen LogP contribution in [0, 0.1) is 11.6 Å². The standard InChI is InChI=1S/C20H15F6NO/c1-11-15(21)9-14(12-5-3-2-4-6-12)19(27-11)18-16(22)7-13(8-17(18)23)28-10-20(24,25)26/h2-8,15,27H,1,9-10H2. The second-order valence-electron chi connectivity index (χ2n) is 6.21. The van der Waals surface area contributed by atoms with Gasteiger partial charge in [-0.25, -0.2) is 13.2 Å². The van der Waals surface area contributed by atoms with Crippen molar-refractivity contribution in [2.24, 2.45) is 0 Å². The molecule has 148 valence electrons. The summed E-state index contributed by atoms with van der Waals surface area (Å²) < 4.78 is 84.6. The monoisotopic (exact) mass is 399 g/mol.